The summed E-state index contributed by atoms with van der Waals surface area (Å²) in [7, 11) is 0. The van der Waals surface area contributed by atoms with E-state index in [0.29, 0.717) is 26.2 Å². The number of carbonyl (C=O) groups excluding carboxylic acids is 1. The van der Waals surface area contributed by atoms with Gasteiger partial charge in [0.25, 0.3) is 0 Å². The first-order chi connectivity index (χ1) is 8.24. The van der Waals surface area contributed by atoms with E-state index in [1.165, 1.54) is 0 Å². The Kier molecular flexibility index (Phi) is 7.67. The summed E-state index contributed by atoms with van der Waals surface area (Å²) in [5.41, 5.74) is 4.85. The Bertz CT molecular complexity index is 253. The molecule has 4 nitrogen and oxygen atoms in total. The van der Waals surface area contributed by atoms with Crippen molar-refractivity contribution in [1.29, 1.82) is 0 Å². The molecule has 0 aliphatic heterocycles. The second-order valence-corrected chi connectivity index (χ2v) is 5.69. The maximum atomic E-state index is 11.0. The number of hydrogen-bond donors (Lipinski definition) is 1. The third kappa shape index (κ3) is 7.80. The number of ether oxygens (including phenoxy) is 2. The summed E-state index contributed by atoms with van der Waals surface area (Å²) in [5, 5.41) is 0. The molecular formula is C14H29NO3. The van der Waals surface area contributed by atoms with Crippen molar-refractivity contribution in [2.75, 3.05) is 19.8 Å². The van der Waals surface area contributed by atoms with Crippen LogP contribution in [0.5, 0.6) is 0 Å². The highest BCUT2D eigenvalue weighted by molar-refractivity contribution is 5.75. The van der Waals surface area contributed by atoms with Crippen molar-refractivity contribution in [2.24, 2.45) is 5.73 Å². The van der Waals surface area contributed by atoms with Gasteiger partial charge in [0.15, 0.2) is 0 Å². The molecule has 1 atom stereocenters. The SMILES string of the molecule is CCC(C)(COC(C)(C)CCC(C)=O)OCCN. The van der Waals surface area contributed by atoms with Crippen molar-refractivity contribution in [3.63, 3.8) is 0 Å². The Balaban J connectivity index is 4.20. The zero-order valence-corrected chi connectivity index (χ0v) is 12.5. The number of rotatable bonds is 10. The summed E-state index contributed by atoms with van der Waals surface area (Å²) in [6.07, 6.45) is 2.16. The molecule has 2 N–H and O–H groups in total. The van der Waals surface area contributed by atoms with Gasteiger partial charge in [0.2, 0.25) is 0 Å². The van der Waals surface area contributed by atoms with Gasteiger partial charge in [-0.25, -0.2) is 0 Å². The van der Waals surface area contributed by atoms with E-state index in [0.717, 1.165) is 12.8 Å². The summed E-state index contributed by atoms with van der Waals surface area (Å²) in [4.78, 5) is 11.0. The zero-order chi connectivity index (χ0) is 14.2. The van der Waals surface area contributed by atoms with E-state index in [9.17, 15) is 4.79 Å². The third-order valence-corrected chi connectivity index (χ3v) is 3.16. The molecule has 1 unspecified atom stereocenters. The first-order valence-corrected chi connectivity index (χ1v) is 6.72. The number of hydrogen-bond acceptors (Lipinski definition) is 4. The quantitative estimate of drug-likeness (QED) is 0.654. The lowest BCUT2D eigenvalue weighted by Crippen LogP contribution is -2.39. The molecule has 0 saturated heterocycles. The van der Waals surface area contributed by atoms with E-state index in [4.69, 9.17) is 15.2 Å². The monoisotopic (exact) mass is 259 g/mol. The van der Waals surface area contributed by atoms with Gasteiger partial charge in [0, 0.05) is 13.0 Å². The molecule has 0 saturated carbocycles. The first kappa shape index (κ1) is 17.6. The molecule has 4 heteroatoms. The van der Waals surface area contributed by atoms with E-state index < -0.39 is 0 Å². The largest absolute Gasteiger partial charge is 0.373 e. The van der Waals surface area contributed by atoms with Crippen molar-refractivity contribution in [2.45, 2.75) is 65.1 Å². The molecule has 0 aromatic carbocycles. The predicted molar refractivity (Wildman–Crippen MR) is 73.6 cm³/mol. The molecule has 0 spiro atoms. The average molecular weight is 259 g/mol. The minimum absolute atomic E-state index is 0.198. The van der Waals surface area contributed by atoms with E-state index in [1.54, 1.807) is 6.92 Å². The normalized spacial score (nSPS) is 15.4. The average Bonchev–Trinajstić information content (AvgIpc) is 2.32. The van der Waals surface area contributed by atoms with Gasteiger partial charge in [-0.1, -0.05) is 6.92 Å². The Labute approximate surface area is 111 Å². The number of Topliss-reactive ketones (excluding diaryl/α,β-unsaturated/α-hetero) is 1. The highest BCUT2D eigenvalue weighted by Gasteiger charge is 2.28. The van der Waals surface area contributed by atoms with Gasteiger partial charge < -0.3 is 20.0 Å². The maximum Gasteiger partial charge on any atom is 0.129 e. The van der Waals surface area contributed by atoms with E-state index in [2.05, 4.69) is 6.92 Å². The Hall–Kier alpha value is -0.450. The minimum Gasteiger partial charge on any atom is -0.373 e. The summed E-state index contributed by atoms with van der Waals surface area (Å²) in [6.45, 7) is 11.3. The highest BCUT2D eigenvalue weighted by atomic mass is 16.6. The Morgan fingerprint density at radius 2 is 1.83 bits per heavy atom. The lowest BCUT2D eigenvalue weighted by atomic mass is 9.99. The molecule has 0 aromatic heterocycles. The molecule has 0 aliphatic carbocycles. The molecule has 0 aromatic rings. The zero-order valence-electron chi connectivity index (χ0n) is 12.5. The van der Waals surface area contributed by atoms with Crippen LogP contribution in [-0.4, -0.2) is 36.7 Å². The van der Waals surface area contributed by atoms with Gasteiger partial charge >= 0.3 is 0 Å². The lowest BCUT2D eigenvalue weighted by molar-refractivity contribution is -0.133. The second kappa shape index (κ2) is 7.87. The van der Waals surface area contributed by atoms with E-state index in [-0.39, 0.29) is 17.0 Å². The lowest BCUT2D eigenvalue weighted by Gasteiger charge is -2.33. The molecule has 0 amide bonds. The van der Waals surface area contributed by atoms with Crippen molar-refractivity contribution >= 4 is 5.78 Å². The summed E-state index contributed by atoms with van der Waals surface area (Å²) in [5.74, 6) is 0.198. The van der Waals surface area contributed by atoms with Gasteiger partial charge in [-0.2, -0.15) is 0 Å². The standard InChI is InChI=1S/C14H29NO3/c1-6-14(5,17-10-9-15)11-18-13(3,4)8-7-12(2)16/h6-11,15H2,1-5H3. The topological polar surface area (TPSA) is 61.5 Å². The van der Waals surface area contributed by atoms with Crippen LogP contribution in [0.25, 0.3) is 0 Å². The first-order valence-electron chi connectivity index (χ1n) is 6.72. The fourth-order valence-electron chi connectivity index (χ4n) is 1.45. The van der Waals surface area contributed by atoms with Crippen LogP contribution in [-0.2, 0) is 14.3 Å². The van der Waals surface area contributed by atoms with Gasteiger partial charge in [-0.3, -0.25) is 0 Å². The van der Waals surface area contributed by atoms with Crippen LogP contribution in [0.15, 0.2) is 0 Å². The number of nitrogens with two attached hydrogens (primary N) is 1. The van der Waals surface area contributed by atoms with Gasteiger partial charge in [0.1, 0.15) is 5.78 Å². The molecule has 0 rings (SSSR count). The maximum absolute atomic E-state index is 11.0. The molecule has 0 aliphatic rings. The summed E-state index contributed by atoms with van der Waals surface area (Å²) < 4.78 is 11.6. The molecule has 0 radical (unpaired) electrons. The van der Waals surface area contributed by atoms with Crippen LogP contribution in [0.1, 0.15) is 53.9 Å². The van der Waals surface area contributed by atoms with E-state index >= 15 is 0 Å². The molecule has 0 heterocycles. The highest BCUT2D eigenvalue weighted by Crippen LogP contribution is 2.22. The van der Waals surface area contributed by atoms with E-state index in [1.807, 2.05) is 20.8 Å². The molecule has 0 bridgehead atoms. The minimum atomic E-state index is -0.299. The molecule has 108 valence electrons. The summed E-state index contributed by atoms with van der Waals surface area (Å²) >= 11 is 0. The smallest absolute Gasteiger partial charge is 0.129 e. The van der Waals surface area contributed by atoms with Crippen molar-refractivity contribution in [1.82, 2.24) is 0 Å². The van der Waals surface area contributed by atoms with Crippen LogP contribution >= 0.6 is 0 Å². The van der Waals surface area contributed by atoms with Crippen LogP contribution < -0.4 is 5.73 Å². The van der Waals surface area contributed by atoms with Crippen molar-refractivity contribution < 1.29 is 14.3 Å². The van der Waals surface area contributed by atoms with Crippen LogP contribution in [0, 0.1) is 0 Å². The molecule has 18 heavy (non-hydrogen) atoms. The van der Waals surface area contributed by atoms with Crippen molar-refractivity contribution in [3.8, 4) is 0 Å². The second-order valence-electron chi connectivity index (χ2n) is 5.69. The Morgan fingerprint density at radius 1 is 1.22 bits per heavy atom. The van der Waals surface area contributed by atoms with Crippen LogP contribution in [0.4, 0.5) is 0 Å². The summed E-state index contributed by atoms with van der Waals surface area (Å²) in [6, 6.07) is 0. The number of carbonyl (C=O) groups is 1. The molecular weight excluding hydrogens is 230 g/mol. The Morgan fingerprint density at radius 3 is 2.28 bits per heavy atom. The predicted octanol–water partition coefficient (Wildman–Crippen LogP) is 2.29. The van der Waals surface area contributed by atoms with Gasteiger partial charge in [-0.05, 0) is 40.5 Å². The van der Waals surface area contributed by atoms with Crippen LogP contribution in [0.2, 0.25) is 0 Å². The number of ketones is 1. The van der Waals surface area contributed by atoms with Gasteiger partial charge in [0.05, 0.1) is 24.4 Å². The fourth-order valence-corrected chi connectivity index (χ4v) is 1.45. The van der Waals surface area contributed by atoms with Gasteiger partial charge in [-0.15, -0.1) is 0 Å². The van der Waals surface area contributed by atoms with Crippen LogP contribution in [0.3, 0.4) is 0 Å². The third-order valence-electron chi connectivity index (χ3n) is 3.16. The fraction of sp³-hybridized carbons (Fsp3) is 0.929. The van der Waals surface area contributed by atoms with Crippen molar-refractivity contribution in [3.05, 3.63) is 0 Å². The molecule has 0 fully saturated rings.